The molecule has 0 atom stereocenters. The Balaban J connectivity index is 1.54. The van der Waals surface area contributed by atoms with E-state index in [0.29, 0.717) is 12.6 Å². The van der Waals surface area contributed by atoms with Crippen LogP contribution in [0.25, 0.3) is 0 Å². The number of benzene rings is 1. The maximum atomic E-state index is 5.44. The number of para-hydroxylation sites is 1. The van der Waals surface area contributed by atoms with Gasteiger partial charge in [-0.05, 0) is 45.2 Å². The van der Waals surface area contributed by atoms with Crippen LogP contribution >= 0.6 is 0 Å². The van der Waals surface area contributed by atoms with Gasteiger partial charge in [0, 0.05) is 51.6 Å². The average molecular weight is 414 g/mol. The fourth-order valence-electron chi connectivity index (χ4n) is 3.53. The fourth-order valence-corrected chi connectivity index (χ4v) is 3.53. The largest absolute Gasteiger partial charge is 0.382 e. The minimum Gasteiger partial charge on any atom is -0.382 e. The molecule has 0 amide bonds. The van der Waals surface area contributed by atoms with E-state index in [1.165, 1.54) is 5.69 Å². The van der Waals surface area contributed by atoms with E-state index in [9.17, 15) is 0 Å². The van der Waals surface area contributed by atoms with Gasteiger partial charge in [-0.15, -0.1) is 10.2 Å². The minimum absolute atomic E-state index is 0.407. The highest BCUT2D eigenvalue weighted by Gasteiger charge is 2.20. The SMILES string of the molecule is CCOCCCNC(=NCc1nnc(C)n1C)NC1CCN(c2ccccc2)CC1. The number of nitrogens with zero attached hydrogens (tertiary/aromatic N) is 5. The number of anilines is 1. The number of guanidine groups is 1. The van der Waals surface area contributed by atoms with Crippen molar-refractivity contribution >= 4 is 11.6 Å². The van der Waals surface area contributed by atoms with Gasteiger partial charge < -0.3 is 24.8 Å². The van der Waals surface area contributed by atoms with E-state index in [4.69, 9.17) is 9.73 Å². The van der Waals surface area contributed by atoms with Crippen LogP contribution in [0, 0.1) is 6.92 Å². The lowest BCUT2D eigenvalue weighted by atomic mass is 10.0. The second kappa shape index (κ2) is 11.5. The molecule has 2 heterocycles. The second-order valence-electron chi connectivity index (χ2n) is 7.61. The van der Waals surface area contributed by atoms with Gasteiger partial charge >= 0.3 is 0 Å². The summed E-state index contributed by atoms with van der Waals surface area (Å²) in [4.78, 5) is 7.23. The number of nitrogens with one attached hydrogen (secondary N) is 2. The third-order valence-corrected chi connectivity index (χ3v) is 5.48. The van der Waals surface area contributed by atoms with Crippen LogP contribution in [0.4, 0.5) is 5.69 Å². The monoisotopic (exact) mass is 413 g/mol. The van der Waals surface area contributed by atoms with Crippen LogP contribution in [0.3, 0.4) is 0 Å². The number of aryl methyl sites for hydroxylation is 1. The van der Waals surface area contributed by atoms with Crippen molar-refractivity contribution in [2.45, 2.75) is 45.7 Å². The van der Waals surface area contributed by atoms with Crippen molar-refractivity contribution < 1.29 is 4.74 Å². The van der Waals surface area contributed by atoms with Crippen LogP contribution in [-0.2, 0) is 18.3 Å². The highest BCUT2D eigenvalue weighted by Crippen LogP contribution is 2.19. The Labute approximate surface area is 179 Å². The summed E-state index contributed by atoms with van der Waals surface area (Å²) >= 11 is 0. The van der Waals surface area contributed by atoms with E-state index in [1.54, 1.807) is 0 Å². The van der Waals surface area contributed by atoms with Gasteiger partial charge in [0.15, 0.2) is 11.8 Å². The summed E-state index contributed by atoms with van der Waals surface area (Å²) in [6.07, 6.45) is 3.11. The van der Waals surface area contributed by atoms with Crippen molar-refractivity contribution in [2.75, 3.05) is 37.7 Å². The number of aromatic nitrogens is 3. The maximum Gasteiger partial charge on any atom is 0.191 e. The molecule has 30 heavy (non-hydrogen) atoms. The number of hydrogen-bond acceptors (Lipinski definition) is 5. The van der Waals surface area contributed by atoms with E-state index in [2.05, 4.69) is 56.1 Å². The molecule has 3 rings (SSSR count). The molecular weight excluding hydrogens is 378 g/mol. The third kappa shape index (κ3) is 6.45. The third-order valence-electron chi connectivity index (χ3n) is 5.48. The molecule has 8 nitrogen and oxygen atoms in total. The minimum atomic E-state index is 0.407. The Bertz CT molecular complexity index is 782. The number of hydrogen-bond donors (Lipinski definition) is 2. The number of ether oxygens (including phenoxy) is 1. The Morgan fingerprint density at radius 1 is 1.20 bits per heavy atom. The number of rotatable bonds is 9. The molecule has 0 saturated carbocycles. The Morgan fingerprint density at radius 2 is 1.97 bits per heavy atom. The summed E-state index contributed by atoms with van der Waals surface area (Å²) in [6.45, 7) is 8.90. The molecule has 2 aromatic rings. The van der Waals surface area contributed by atoms with Gasteiger partial charge in [0.1, 0.15) is 12.4 Å². The quantitative estimate of drug-likeness (QED) is 0.373. The first-order valence-corrected chi connectivity index (χ1v) is 10.9. The molecule has 0 radical (unpaired) electrons. The van der Waals surface area contributed by atoms with E-state index in [1.807, 2.05) is 25.5 Å². The molecule has 164 valence electrons. The molecule has 1 saturated heterocycles. The lowest BCUT2D eigenvalue weighted by Crippen LogP contribution is -2.49. The zero-order valence-electron chi connectivity index (χ0n) is 18.5. The van der Waals surface area contributed by atoms with Gasteiger partial charge in [-0.1, -0.05) is 18.2 Å². The molecule has 8 heteroatoms. The average Bonchev–Trinajstić information content (AvgIpc) is 3.10. The molecule has 1 aliphatic rings. The van der Waals surface area contributed by atoms with Gasteiger partial charge in [-0.25, -0.2) is 4.99 Å². The number of piperidine rings is 1. The topological polar surface area (TPSA) is 79.6 Å². The van der Waals surface area contributed by atoms with Crippen LogP contribution in [-0.4, -0.2) is 59.6 Å². The molecule has 0 spiro atoms. The molecular formula is C22H35N7O. The molecule has 1 fully saturated rings. The molecule has 0 bridgehead atoms. The summed E-state index contributed by atoms with van der Waals surface area (Å²) in [5.41, 5.74) is 1.30. The molecule has 0 aliphatic carbocycles. The Hall–Kier alpha value is -2.61. The second-order valence-corrected chi connectivity index (χ2v) is 7.61. The van der Waals surface area contributed by atoms with Gasteiger partial charge in [0.2, 0.25) is 0 Å². The summed E-state index contributed by atoms with van der Waals surface area (Å²) in [5, 5.41) is 15.4. The van der Waals surface area contributed by atoms with E-state index < -0.39 is 0 Å². The predicted molar refractivity (Wildman–Crippen MR) is 121 cm³/mol. The first-order valence-electron chi connectivity index (χ1n) is 10.9. The zero-order valence-corrected chi connectivity index (χ0v) is 18.5. The molecule has 1 aliphatic heterocycles. The highest BCUT2D eigenvalue weighted by molar-refractivity contribution is 5.80. The zero-order chi connectivity index (χ0) is 21.2. The first-order chi connectivity index (χ1) is 14.7. The van der Waals surface area contributed by atoms with Crippen LogP contribution < -0.4 is 15.5 Å². The van der Waals surface area contributed by atoms with Crippen LogP contribution in [0.2, 0.25) is 0 Å². The predicted octanol–water partition coefficient (Wildman–Crippen LogP) is 2.25. The Morgan fingerprint density at radius 3 is 2.63 bits per heavy atom. The van der Waals surface area contributed by atoms with E-state index >= 15 is 0 Å². The number of aliphatic imine (C=N–C) groups is 1. The highest BCUT2D eigenvalue weighted by atomic mass is 16.5. The molecule has 1 aromatic carbocycles. The molecule has 2 N–H and O–H groups in total. The lowest BCUT2D eigenvalue weighted by Gasteiger charge is -2.34. The van der Waals surface area contributed by atoms with Gasteiger partial charge in [-0.3, -0.25) is 0 Å². The van der Waals surface area contributed by atoms with Crippen molar-refractivity contribution in [3.63, 3.8) is 0 Å². The van der Waals surface area contributed by atoms with Crippen molar-refractivity contribution in [2.24, 2.45) is 12.0 Å². The van der Waals surface area contributed by atoms with Crippen molar-refractivity contribution in [3.05, 3.63) is 42.0 Å². The van der Waals surface area contributed by atoms with Gasteiger partial charge in [0.05, 0.1) is 0 Å². The Kier molecular flexibility index (Phi) is 8.50. The fraction of sp³-hybridized carbons (Fsp3) is 0.591. The summed E-state index contributed by atoms with van der Waals surface area (Å²) in [5.74, 6) is 2.60. The summed E-state index contributed by atoms with van der Waals surface area (Å²) in [6, 6.07) is 11.0. The molecule has 1 aromatic heterocycles. The summed E-state index contributed by atoms with van der Waals surface area (Å²) < 4.78 is 7.42. The lowest BCUT2D eigenvalue weighted by molar-refractivity contribution is 0.145. The molecule has 0 unspecified atom stereocenters. The maximum absolute atomic E-state index is 5.44. The van der Waals surface area contributed by atoms with Gasteiger partial charge in [-0.2, -0.15) is 0 Å². The standard InChI is InChI=1S/C22H35N7O/c1-4-30-16-8-13-23-22(24-17-21-27-26-18(2)28(21)3)25-19-11-14-29(15-12-19)20-9-6-5-7-10-20/h5-7,9-10,19H,4,8,11-17H2,1-3H3,(H2,23,24,25). The van der Waals surface area contributed by atoms with Crippen molar-refractivity contribution in [3.8, 4) is 0 Å². The van der Waals surface area contributed by atoms with Crippen molar-refractivity contribution in [1.82, 2.24) is 25.4 Å². The smallest absolute Gasteiger partial charge is 0.191 e. The normalized spacial score (nSPS) is 15.4. The van der Waals surface area contributed by atoms with Gasteiger partial charge in [0.25, 0.3) is 0 Å². The van der Waals surface area contributed by atoms with Crippen LogP contribution in [0.5, 0.6) is 0 Å². The van der Waals surface area contributed by atoms with E-state index in [0.717, 1.165) is 69.7 Å². The first kappa shape index (κ1) is 22.1. The summed E-state index contributed by atoms with van der Waals surface area (Å²) in [7, 11) is 1.97. The van der Waals surface area contributed by atoms with E-state index in [-0.39, 0.29) is 0 Å². The van der Waals surface area contributed by atoms with Crippen LogP contribution in [0.1, 0.15) is 37.8 Å². The van der Waals surface area contributed by atoms with Crippen LogP contribution in [0.15, 0.2) is 35.3 Å². The van der Waals surface area contributed by atoms with Crippen molar-refractivity contribution in [1.29, 1.82) is 0 Å².